The van der Waals surface area contributed by atoms with Crippen LogP contribution in [0.3, 0.4) is 0 Å². The Morgan fingerprint density at radius 1 is 1.14 bits per heavy atom. The van der Waals surface area contributed by atoms with Crippen LogP contribution in [0.4, 0.5) is 18.9 Å². The molecule has 4 aliphatic rings. The molecule has 1 atom stereocenters. The maximum Gasteiger partial charge on any atom is 0.416 e. The molecule has 0 spiro atoms. The summed E-state index contributed by atoms with van der Waals surface area (Å²) in [6.07, 6.45) is 3.00. The zero-order valence-corrected chi connectivity index (χ0v) is 25.9. The number of nitrogens with zero attached hydrogens (tertiary/aromatic N) is 4. The first-order valence-corrected chi connectivity index (χ1v) is 17.4. The Labute approximate surface area is 255 Å². The maximum absolute atomic E-state index is 14.2. The lowest BCUT2D eigenvalue weighted by molar-refractivity contribution is -0.173. The zero-order valence-electron chi connectivity index (χ0n) is 24.3. The molecule has 1 aliphatic carbocycles. The monoisotopic (exact) mass is 635 g/mol. The fraction of sp³-hybridized carbons (Fsp3) is 0.500. The number of hydrogen-bond acceptors (Lipinski definition) is 7. The topological polar surface area (TPSA) is 81.5 Å². The molecule has 3 aliphatic heterocycles. The van der Waals surface area contributed by atoms with Crippen LogP contribution in [-0.2, 0) is 35.5 Å². The Balaban J connectivity index is 0.000000599. The molecule has 43 heavy (non-hydrogen) atoms. The Morgan fingerprint density at radius 2 is 1.93 bits per heavy atom. The first kappa shape index (κ1) is 30.4. The number of halogens is 3. The highest BCUT2D eigenvalue weighted by atomic mass is 32.3. The molecule has 7 rings (SSSR count). The highest BCUT2D eigenvalue weighted by molar-refractivity contribution is 8.29. The van der Waals surface area contributed by atoms with Crippen molar-refractivity contribution < 1.29 is 27.2 Å². The van der Waals surface area contributed by atoms with Crippen LogP contribution in [0.2, 0.25) is 0 Å². The minimum Gasteiger partial charge on any atom is -0.311 e. The van der Waals surface area contributed by atoms with Crippen molar-refractivity contribution in [3.63, 3.8) is 0 Å². The number of anilines is 1. The van der Waals surface area contributed by atoms with E-state index in [4.69, 9.17) is 9.22 Å². The molecule has 1 amide bonds. The van der Waals surface area contributed by atoms with E-state index < -0.39 is 28.0 Å². The molecule has 13 heteroatoms. The Hall–Kier alpha value is -2.58. The maximum atomic E-state index is 14.2. The number of fused-ring (bicyclic) bond motifs is 1. The molecule has 2 aromatic carbocycles. The molecule has 0 bridgehead atoms. The van der Waals surface area contributed by atoms with Crippen LogP contribution >= 0.6 is 22.1 Å². The van der Waals surface area contributed by atoms with Crippen LogP contribution in [-0.4, -0.2) is 50.1 Å². The normalized spacial score (nSPS) is 24.2. The lowest BCUT2D eigenvalue weighted by atomic mass is 9.78. The summed E-state index contributed by atoms with van der Waals surface area (Å²) in [6, 6.07) is 9.93. The average molecular weight is 636 g/mol. The molecule has 8 nitrogen and oxygen atoms in total. The van der Waals surface area contributed by atoms with E-state index in [0.717, 1.165) is 24.2 Å². The van der Waals surface area contributed by atoms with E-state index in [9.17, 15) is 18.0 Å². The zero-order chi connectivity index (χ0) is 30.2. The van der Waals surface area contributed by atoms with E-state index in [1.807, 2.05) is 13.1 Å². The third kappa shape index (κ3) is 6.06. The van der Waals surface area contributed by atoms with Gasteiger partial charge < -0.3 is 14.8 Å². The number of aryl methyl sites for hydroxylation is 1. The smallest absolute Gasteiger partial charge is 0.311 e. The molecule has 2 saturated heterocycles. The summed E-state index contributed by atoms with van der Waals surface area (Å²) in [7, 11) is -0.346. The molecular weight excluding hydrogens is 599 g/mol. The standard InChI is InChI=1S/C26H28F3N5O3S.C4H8S/c1-25(7-4-8-25)30-14-17-11-20-21(22(12-17)26(27,28)29)15-34(23(20)35)18-5-3-6-19(13-18)38(10-9-36-37-38)24-32-31-16-33(24)2;1-2-4-5-3-1/h3,5-6,11-13,16,30H,4,7-10,14-15H2,1-2H3;1-4H2. The quantitative estimate of drug-likeness (QED) is 0.304. The summed E-state index contributed by atoms with van der Waals surface area (Å²) in [5.74, 6) is 2.93. The molecule has 1 aromatic heterocycles. The van der Waals surface area contributed by atoms with Crippen LogP contribution in [0.25, 0.3) is 0 Å². The fourth-order valence-electron chi connectivity index (χ4n) is 5.85. The molecule has 0 radical (unpaired) electrons. The van der Waals surface area contributed by atoms with Crippen molar-refractivity contribution in [3.05, 3.63) is 65.0 Å². The van der Waals surface area contributed by atoms with Gasteiger partial charge >= 0.3 is 6.18 Å². The molecule has 4 heterocycles. The van der Waals surface area contributed by atoms with Gasteiger partial charge in [0.1, 0.15) is 6.33 Å². The SMILES string of the molecule is C1CCSC1.Cn1cnnc1S1(c2cccc(N3Cc4c(cc(CNC5(C)CCC5)cc4C(F)(F)F)C3=O)c2)CCOO1. The van der Waals surface area contributed by atoms with Crippen molar-refractivity contribution in [1.29, 1.82) is 0 Å². The molecule has 1 saturated carbocycles. The van der Waals surface area contributed by atoms with Crippen LogP contribution in [0.15, 0.2) is 52.8 Å². The minimum atomic E-state index is -4.58. The fourth-order valence-corrected chi connectivity index (χ4v) is 9.55. The van der Waals surface area contributed by atoms with E-state index in [0.29, 0.717) is 28.8 Å². The second kappa shape index (κ2) is 12.1. The van der Waals surface area contributed by atoms with Gasteiger partial charge in [-0.15, -0.1) is 10.2 Å². The number of carbonyl (C=O) groups excluding carboxylic acids is 1. The number of rotatable bonds is 6. The summed E-state index contributed by atoms with van der Waals surface area (Å²) in [5.41, 5.74) is 0.213. The van der Waals surface area contributed by atoms with Gasteiger partial charge in [0.25, 0.3) is 5.91 Å². The number of hydrogen-bond donors (Lipinski definition) is 1. The third-order valence-corrected chi connectivity index (χ3v) is 12.7. The lowest BCUT2D eigenvalue weighted by Crippen LogP contribution is -2.47. The van der Waals surface area contributed by atoms with Crippen LogP contribution in [0, 0.1) is 0 Å². The number of amides is 1. The van der Waals surface area contributed by atoms with Gasteiger partial charge in [-0.2, -0.15) is 29.3 Å². The first-order chi connectivity index (χ1) is 20.6. The molecule has 232 valence electrons. The number of benzene rings is 2. The predicted octanol–water partition coefficient (Wildman–Crippen LogP) is 6.64. The summed E-state index contributed by atoms with van der Waals surface area (Å²) >= 11 is 2.07. The van der Waals surface area contributed by atoms with Gasteiger partial charge in [-0.25, -0.2) is 4.89 Å². The van der Waals surface area contributed by atoms with Gasteiger partial charge in [0, 0.05) is 41.0 Å². The van der Waals surface area contributed by atoms with Gasteiger partial charge in [0.05, 0.1) is 18.7 Å². The van der Waals surface area contributed by atoms with E-state index in [1.54, 1.807) is 35.2 Å². The van der Waals surface area contributed by atoms with Gasteiger partial charge in [0.2, 0.25) is 5.16 Å². The van der Waals surface area contributed by atoms with Gasteiger partial charge in [-0.1, -0.05) is 6.07 Å². The van der Waals surface area contributed by atoms with E-state index >= 15 is 0 Å². The molecule has 3 fully saturated rings. The number of thioether (sulfide) groups is 1. The summed E-state index contributed by atoms with van der Waals surface area (Å²) in [5, 5.41) is 12.2. The van der Waals surface area contributed by atoms with Crippen LogP contribution in [0.1, 0.15) is 66.1 Å². The summed E-state index contributed by atoms with van der Waals surface area (Å²) in [6.45, 7) is 2.55. The largest absolute Gasteiger partial charge is 0.416 e. The number of nitrogens with one attached hydrogen (secondary N) is 1. The van der Waals surface area contributed by atoms with Gasteiger partial charge in [-0.3, -0.25) is 4.79 Å². The Kier molecular flexibility index (Phi) is 8.55. The van der Waals surface area contributed by atoms with Crippen LogP contribution < -0.4 is 10.2 Å². The predicted molar refractivity (Wildman–Crippen MR) is 161 cm³/mol. The van der Waals surface area contributed by atoms with Gasteiger partial charge in [0.15, 0.2) is 0 Å². The Bertz CT molecular complexity index is 1480. The van der Waals surface area contributed by atoms with Crippen molar-refractivity contribution in [3.8, 4) is 0 Å². The number of carbonyl (C=O) groups is 1. The lowest BCUT2D eigenvalue weighted by Gasteiger charge is -2.39. The second-order valence-corrected chi connectivity index (χ2v) is 15.6. The van der Waals surface area contributed by atoms with Crippen molar-refractivity contribution in [2.75, 3.05) is 28.8 Å². The van der Waals surface area contributed by atoms with Crippen molar-refractivity contribution >= 4 is 33.7 Å². The molecule has 1 unspecified atom stereocenters. The van der Waals surface area contributed by atoms with E-state index in [2.05, 4.69) is 34.2 Å². The molecule has 3 aromatic rings. The van der Waals surface area contributed by atoms with Crippen molar-refractivity contribution in [1.82, 2.24) is 20.1 Å². The third-order valence-electron chi connectivity index (χ3n) is 8.50. The molecule has 1 N–H and O–H groups in total. The number of alkyl halides is 3. The number of aromatic nitrogens is 3. The second-order valence-electron chi connectivity index (χ2n) is 11.6. The van der Waals surface area contributed by atoms with Crippen LogP contribution in [0.5, 0.6) is 0 Å². The van der Waals surface area contributed by atoms with Gasteiger partial charge in [-0.05, 0) is 102 Å². The minimum absolute atomic E-state index is 0.00215. The average Bonchev–Trinajstić information content (AvgIpc) is 3.79. The van der Waals surface area contributed by atoms with E-state index in [-0.39, 0.29) is 29.8 Å². The highest BCUT2D eigenvalue weighted by Gasteiger charge is 2.43. The highest BCUT2D eigenvalue weighted by Crippen LogP contribution is 2.65. The van der Waals surface area contributed by atoms with Crippen molar-refractivity contribution in [2.45, 2.75) is 73.9 Å². The first-order valence-electron chi connectivity index (χ1n) is 14.5. The molecular formula is C30H36F3N5O3S2. The van der Waals surface area contributed by atoms with E-state index in [1.165, 1.54) is 35.3 Å². The summed E-state index contributed by atoms with van der Waals surface area (Å²) < 4.78 is 50.0. The van der Waals surface area contributed by atoms with Crippen molar-refractivity contribution in [2.24, 2.45) is 7.05 Å². The Morgan fingerprint density at radius 3 is 2.51 bits per heavy atom. The summed E-state index contributed by atoms with van der Waals surface area (Å²) in [4.78, 5) is 21.0.